The highest BCUT2D eigenvalue weighted by molar-refractivity contribution is 7.81. The number of hydroxylamine groups is 2. The second-order valence-corrected chi connectivity index (χ2v) is 4.80. The van der Waals surface area contributed by atoms with E-state index in [1.807, 2.05) is 0 Å². The van der Waals surface area contributed by atoms with Gasteiger partial charge in [-0.3, -0.25) is 18.9 Å². The van der Waals surface area contributed by atoms with Gasteiger partial charge in [0.25, 0.3) is 11.8 Å². The van der Waals surface area contributed by atoms with Gasteiger partial charge in [0.15, 0.2) is 0 Å². The van der Waals surface area contributed by atoms with Gasteiger partial charge in [0, 0.05) is 25.7 Å². The highest BCUT2D eigenvalue weighted by Crippen LogP contribution is 2.13. The molecule has 0 atom stereocenters. The minimum Gasteiger partial charge on any atom is -0.330 e. The molecule has 112 valence electrons. The fourth-order valence-corrected chi connectivity index (χ4v) is 1.66. The first-order chi connectivity index (χ1) is 9.19. The number of nitrogens with zero attached hydrogens (tertiary/aromatic N) is 1. The summed E-state index contributed by atoms with van der Waals surface area (Å²) < 4.78 is 32.2. The smallest absolute Gasteiger partial charge is 0.330 e. The number of carbonyl (C=O) groups excluding carboxylic acids is 4. The second-order valence-electron chi connectivity index (χ2n) is 3.78. The minimum absolute atomic E-state index is 0.0349. The molecule has 1 rings (SSSR count). The van der Waals surface area contributed by atoms with Crippen LogP contribution in [0, 0.1) is 0 Å². The summed E-state index contributed by atoms with van der Waals surface area (Å²) in [6, 6.07) is 0. The third kappa shape index (κ3) is 5.32. The van der Waals surface area contributed by atoms with E-state index in [4.69, 9.17) is 4.55 Å². The molecular formula is C9H11NO9S. The van der Waals surface area contributed by atoms with Crippen molar-refractivity contribution in [2.24, 2.45) is 0 Å². The van der Waals surface area contributed by atoms with Crippen LogP contribution in [0.15, 0.2) is 0 Å². The summed E-state index contributed by atoms with van der Waals surface area (Å²) in [5.74, 6) is -3.43. The van der Waals surface area contributed by atoms with Crippen molar-refractivity contribution in [1.29, 1.82) is 0 Å². The van der Waals surface area contributed by atoms with Gasteiger partial charge in [0.2, 0.25) is 0 Å². The molecule has 0 bridgehead atoms. The number of carbonyl (C=O) groups is 4. The molecule has 20 heavy (non-hydrogen) atoms. The molecule has 0 saturated carbocycles. The van der Waals surface area contributed by atoms with E-state index in [0.29, 0.717) is 5.06 Å². The largest absolute Gasteiger partial charge is 0.448 e. The Kier molecular flexibility index (Phi) is 5.16. The topological polar surface area (TPSA) is 144 Å². The molecule has 1 aliphatic heterocycles. The Morgan fingerprint density at radius 3 is 2.10 bits per heavy atom. The Hall–Kier alpha value is -2.01. The van der Waals surface area contributed by atoms with Crippen LogP contribution in [0.25, 0.3) is 0 Å². The summed E-state index contributed by atoms with van der Waals surface area (Å²) in [4.78, 5) is 48.9. The Morgan fingerprint density at radius 1 is 1.10 bits per heavy atom. The van der Waals surface area contributed by atoms with Crippen LogP contribution in [0.1, 0.15) is 32.1 Å². The number of hydrogen-bond acceptors (Lipinski definition) is 8. The molecule has 0 aromatic rings. The van der Waals surface area contributed by atoms with Crippen LogP contribution in [-0.2, 0) is 38.6 Å². The van der Waals surface area contributed by atoms with Crippen LogP contribution in [0.5, 0.6) is 0 Å². The van der Waals surface area contributed by atoms with E-state index in [2.05, 4.69) is 9.02 Å². The molecule has 0 aliphatic carbocycles. The van der Waals surface area contributed by atoms with Crippen LogP contribution < -0.4 is 0 Å². The Labute approximate surface area is 113 Å². The molecule has 1 aliphatic rings. The van der Waals surface area contributed by atoms with E-state index in [1.165, 1.54) is 0 Å². The van der Waals surface area contributed by atoms with Crippen molar-refractivity contribution in [3.8, 4) is 0 Å². The lowest BCUT2D eigenvalue weighted by Gasteiger charge is -2.12. The van der Waals surface area contributed by atoms with Crippen molar-refractivity contribution in [2.75, 3.05) is 0 Å². The molecule has 1 N–H and O–H groups in total. The molecule has 0 spiro atoms. The fourth-order valence-electron chi connectivity index (χ4n) is 1.34. The first kappa shape index (κ1) is 16.0. The summed E-state index contributed by atoms with van der Waals surface area (Å²) in [6.07, 6.45) is -1.00. The monoisotopic (exact) mass is 309 g/mol. The number of rotatable bonds is 6. The number of hydrogen-bond donors (Lipinski definition) is 1. The van der Waals surface area contributed by atoms with Gasteiger partial charge in [-0.05, 0) is 6.42 Å². The van der Waals surface area contributed by atoms with Crippen molar-refractivity contribution >= 4 is 34.2 Å². The average Bonchev–Trinajstić information content (AvgIpc) is 2.58. The lowest BCUT2D eigenvalue weighted by molar-refractivity contribution is -0.197. The molecule has 0 aromatic heterocycles. The van der Waals surface area contributed by atoms with Crippen molar-refractivity contribution in [3.63, 3.8) is 0 Å². The zero-order chi connectivity index (χ0) is 15.3. The lowest BCUT2D eigenvalue weighted by Crippen LogP contribution is -2.32. The summed E-state index contributed by atoms with van der Waals surface area (Å²) in [6.45, 7) is 0. The first-order valence-electron chi connectivity index (χ1n) is 5.45. The summed E-state index contributed by atoms with van der Waals surface area (Å²) >= 11 is 0. The maximum atomic E-state index is 11.3. The van der Waals surface area contributed by atoms with E-state index in [0.717, 1.165) is 0 Å². The molecule has 0 unspecified atom stereocenters. The fraction of sp³-hybridized carbons (Fsp3) is 0.556. The molecule has 0 radical (unpaired) electrons. The summed E-state index contributed by atoms with van der Waals surface area (Å²) in [5, 5.41) is 0.360. The normalized spacial score (nSPS) is 15.3. The van der Waals surface area contributed by atoms with Gasteiger partial charge < -0.3 is 9.02 Å². The van der Waals surface area contributed by atoms with Gasteiger partial charge in [-0.15, -0.1) is 5.06 Å². The highest BCUT2D eigenvalue weighted by Gasteiger charge is 2.32. The quantitative estimate of drug-likeness (QED) is 0.487. The predicted octanol–water partition coefficient (Wildman–Crippen LogP) is -0.890. The molecule has 1 saturated heterocycles. The van der Waals surface area contributed by atoms with Gasteiger partial charge in [0.05, 0.1) is 0 Å². The Morgan fingerprint density at radius 2 is 1.60 bits per heavy atom. The number of imide groups is 1. The highest BCUT2D eigenvalue weighted by atomic mass is 32.3. The maximum Gasteiger partial charge on any atom is 0.448 e. The molecular weight excluding hydrogens is 298 g/mol. The molecule has 2 amide bonds. The third-order valence-electron chi connectivity index (χ3n) is 2.16. The SMILES string of the molecule is O=C(CCCC(=O)OS(=O)(=O)O)ON1C(=O)CCC1=O. The third-order valence-corrected chi connectivity index (χ3v) is 2.56. The van der Waals surface area contributed by atoms with Gasteiger partial charge in [0.1, 0.15) is 0 Å². The Bertz CT molecular complexity index is 522. The molecule has 10 nitrogen and oxygen atoms in total. The van der Waals surface area contributed by atoms with Crippen molar-refractivity contribution in [1.82, 2.24) is 5.06 Å². The van der Waals surface area contributed by atoms with E-state index < -0.39 is 40.6 Å². The minimum atomic E-state index is -4.87. The van der Waals surface area contributed by atoms with Gasteiger partial charge >= 0.3 is 22.3 Å². The molecule has 1 heterocycles. The summed E-state index contributed by atoms with van der Waals surface area (Å²) in [7, 11) is -4.87. The predicted molar refractivity (Wildman–Crippen MR) is 58.7 cm³/mol. The van der Waals surface area contributed by atoms with E-state index in [9.17, 15) is 27.6 Å². The van der Waals surface area contributed by atoms with E-state index >= 15 is 0 Å². The van der Waals surface area contributed by atoms with Crippen LogP contribution in [-0.4, -0.2) is 41.8 Å². The van der Waals surface area contributed by atoms with Crippen molar-refractivity contribution in [2.45, 2.75) is 32.1 Å². The van der Waals surface area contributed by atoms with E-state index in [-0.39, 0.29) is 25.7 Å². The van der Waals surface area contributed by atoms with Crippen LogP contribution >= 0.6 is 0 Å². The summed E-state index contributed by atoms with van der Waals surface area (Å²) in [5.41, 5.74) is 0. The van der Waals surface area contributed by atoms with Gasteiger partial charge in [-0.2, -0.15) is 8.42 Å². The van der Waals surface area contributed by atoms with Crippen molar-refractivity contribution < 1.29 is 41.2 Å². The Balaban J connectivity index is 2.29. The maximum absolute atomic E-state index is 11.3. The molecule has 1 fully saturated rings. The standard InChI is InChI=1S/C9H11NO9S/c11-6-4-5-7(12)10(6)18-8(13)2-1-3-9(14)19-20(15,16)17/h1-5H2,(H,15,16,17). The zero-order valence-electron chi connectivity index (χ0n) is 10.1. The average molecular weight is 309 g/mol. The molecule has 0 aromatic carbocycles. The van der Waals surface area contributed by atoms with Crippen LogP contribution in [0.2, 0.25) is 0 Å². The lowest BCUT2D eigenvalue weighted by atomic mass is 10.2. The zero-order valence-corrected chi connectivity index (χ0v) is 10.9. The molecule has 11 heteroatoms. The number of amides is 2. The van der Waals surface area contributed by atoms with E-state index in [1.54, 1.807) is 0 Å². The van der Waals surface area contributed by atoms with Gasteiger partial charge in [-0.25, -0.2) is 4.79 Å². The van der Waals surface area contributed by atoms with Crippen LogP contribution in [0.3, 0.4) is 0 Å². The van der Waals surface area contributed by atoms with Crippen LogP contribution in [0.4, 0.5) is 0 Å². The first-order valence-corrected chi connectivity index (χ1v) is 6.82. The second kappa shape index (κ2) is 6.43. The van der Waals surface area contributed by atoms with Gasteiger partial charge in [-0.1, -0.05) is 0 Å². The van der Waals surface area contributed by atoms with Crippen molar-refractivity contribution in [3.05, 3.63) is 0 Å².